The first kappa shape index (κ1) is 11.2. The maximum atomic E-state index is 12.1. The minimum Gasteiger partial charge on any atom is -0.366 e. The van der Waals surface area contributed by atoms with Gasteiger partial charge >= 0.3 is 0 Å². The number of carbonyl (C=O) groups is 1. The Kier molecular flexibility index (Phi) is 3.88. The third kappa shape index (κ3) is 2.86. The number of morpholine rings is 1. The van der Waals surface area contributed by atoms with Crippen LogP contribution in [0.2, 0.25) is 0 Å². The van der Waals surface area contributed by atoms with Gasteiger partial charge in [-0.3, -0.25) is 4.79 Å². The second-order valence-electron chi connectivity index (χ2n) is 4.03. The van der Waals surface area contributed by atoms with E-state index in [1.807, 2.05) is 16.7 Å². The summed E-state index contributed by atoms with van der Waals surface area (Å²) in [7, 11) is 0. The van der Waals surface area contributed by atoms with Crippen molar-refractivity contribution in [1.82, 2.24) is 10.2 Å². The third-order valence-electron chi connectivity index (χ3n) is 2.76. The molecule has 1 N–H and O–H groups in total. The highest BCUT2D eigenvalue weighted by Crippen LogP contribution is 2.18. The minimum atomic E-state index is -0.256. The maximum Gasteiger partial charge on any atom is 0.253 e. The summed E-state index contributed by atoms with van der Waals surface area (Å²) < 4.78 is 5.47. The van der Waals surface area contributed by atoms with Gasteiger partial charge in [-0.05, 0) is 0 Å². The Labute approximate surface area is 94.7 Å². The van der Waals surface area contributed by atoms with Gasteiger partial charge in [-0.25, -0.2) is 0 Å². The predicted octanol–water partition coefficient (Wildman–Crippen LogP) is -0.0613. The highest BCUT2D eigenvalue weighted by Gasteiger charge is 2.29. The van der Waals surface area contributed by atoms with Crippen LogP contribution in [0.25, 0.3) is 0 Å². The van der Waals surface area contributed by atoms with E-state index < -0.39 is 0 Å². The van der Waals surface area contributed by atoms with Crippen molar-refractivity contribution in [3.05, 3.63) is 0 Å². The number of nitrogens with zero attached hydrogens (tertiary/aromatic N) is 1. The number of hydrogen-bond donors (Lipinski definition) is 1. The molecule has 0 aliphatic carbocycles. The number of rotatable bonds is 1. The number of hydrogen-bond acceptors (Lipinski definition) is 4. The lowest BCUT2D eigenvalue weighted by Gasteiger charge is -2.34. The molecule has 4 nitrogen and oxygen atoms in total. The molecule has 0 saturated carbocycles. The molecule has 0 spiro atoms. The van der Waals surface area contributed by atoms with E-state index in [-0.39, 0.29) is 12.0 Å². The molecule has 2 fully saturated rings. The molecule has 5 heteroatoms. The standard InChI is InChI=1S/C10H18N2O2S/c1-8-7-12(3-5-15-8)10(13)9-6-11-2-4-14-9/h8-9,11H,2-7H2,1H3/t8?,9-/m1/s1. The first-order valence-electron chi connectivity index (χ1n) is 5.50. The second kappa shape index (κ2) is 5.18. The van der Waals surface area contributed by atoms with Crippen LogP contribution in [-0.4, -0.2) is 60.7 Å². The van der Waals surface area contributed by atoms with Crippen molar-refractivity contribution in [2.45, 2.75) is 18.3 Å². The summed E-state index contributed by atoms with van der Waals surface area (Å²) in [6, 6.07) is 0. The second-order valence-corrected chi connectivity index (χ2v) is 5.58. The summed E-state index contributed by atoms with van der Waals surface area (Å²) in [6.45, 7) is 6.07. The summed E-state index contributed by atoms with van der Waals surface area (Å²) in [6.07, 6.45) is -0.256. The van der Waals surface area contributed by atoms with Crippen LogP contribution in [0.4, 0.5) is 0 Å². The molecule has 2 aliphatic heterocycles. The minimum absolute atomic E-state index is 0.161. The molecule has 2 rings (SSSR count). The van der Waals surface area contributed by atoms with Crippen molar-refractivity contribution < 1.29 is 9.53 Å². The zero-order valence-electron chi connectivity index (χ0n) is 9.07. The Bertz CT molecular complexity index is 231. The molecule has 0 aromatic carbocycles. The summed E-state index contributed by atoms with van der Waals surface area (Å²) in [4.78, 5) is 14.0. The van der Waals surface area contributed by atoms with Gasteiger partial charge < -0.3 is 15.0 Å². The average molecular weight is 230 g/mol. The Morgan fingerprint density at radius 2 is 2.47 bits per heavy atom. The van der Waals surface area contributed by atoms with Crippen LogP contribution >= 0.6 is 11.8 Å². The number of nitrogens with one attached hydrogen (secondary N) is 1. The lowest BCUT2D eigenvalue weighted by molar-refractivity contribution is -0.145. The van der Waals surface area contributed by atoms with E-state index in [2.05, 4.69) is 12.2 Å². The zero-order valence-corrected chi connectivity index (χ0v) is 9.89. The van der Waals surface area contributed by atoms with E-state index >= 15 is 0 Å². The van der Waals surface area contributed by atoms with E-state index in [1.54, 1.807) is 0 Å². The van der Waals surface area contributed by atoms with Gasteiger partial charge in [0.25, 0.3) is 5.91 Å². The van der Waals surface area contributed by atoms with Crippen molar-refractivity contribution in [1.29, 1.82) is 0 Å². The van der Waals surface area contributed by atoms with Crippen LogP contribution in [0.1, 0.15) is 6.92 Å². The van der Waals surface area contributed by atoms with Crippen LogP contribution in [0, 0.1) is 0 Å². The zero-order chi connectivity index (χ0) is 10.7. The molecule has 2 heterocycles. The largest absolute Gasteiger partial charge is 0.366 e. The molecule has 2 aliphatic rings. The van der Waals surface area contributed by atoms with Gasteiger partial charge in [0.1, 0.15) is 6.10 Å². The van der Waals surface area contributed by atoms with Crippen molar-refractivity contribution in [3.63, 3.8) is 0 Å². The molecular weight excluding hydrogens is 212 g/mol. The molecule has 0 radical (unpaired) electrons. The molecule has 1 unspecified atom stereocenters. The average Bonchev–Trinajstić information content (AvgIpc) is 2.29. The van der Waals surface area contributed by atoms with E-state index in [0.29, 0.717) is 18.4 Å². The van der Waals surface area contributed by atoms with Gasteiger partial charge in [-0.1, -0.05) is 6.92 Å². The molecule has 0 aromatic heterocycles. The Morgan fingerprint density at radius 3 is 3.13 bits per heavy atom. The van der Waals surface area contributed by atoms with E-state index in [4.69, 9.17) is 4.74 Å². The lowest BCUT2D eigenvalue weighted by Crippen LogP contribution is -2.52. The van der Waals surface area contributed by atoms with Crippen molar-refractivity contribution in [3.8, 4) is 0 Å². The number of amides is 1. The van der Waals surface area contributed by atoms with Crippen LogP contribution < -0.4 is 5.32 Å². The van der Waals surface area contributed by atoms with Crippen molar-refractivity contribution in [2.75, 3.05) is 38.5 Å². The van der Waals surface area contributed by atoms with Crippen LogP contribution in [0.15, 0.2) is 0 Å². The highest BCUT2D eigenvalue weighted by atomic mass is 32.2. The van der Waals surface area contributed by atoms with Gasteiger partial charge in [0, 0.05) is 37.2 Å². The fourth-order valence-corrected chi connectivity index (χ4v) is 2.96. The van der Waals surface area contributed by atoms with E-state index in [1.165, 1.54) is 0 Å². The molecule has 86 valence electrons. The predicted molar refractivity (Wildman–Crippen MR) is 61.1 cm³/mol. The Hall–Kier alpha value is -0.260. The van der Waals surface area contributed by atoms with Crippen molar-refractivity contribution in [2.24, 2.45) is 0 Å². The molecular formula is C10H18N2O2S. The van der Waals surface area contributed by atoms with Crippen LogP contribution in [0.3, 0.4) is 0 Å². The fraction of sp³-hybridized carbons (Fsp3) is 0.900. The third-order valence-corrected chi connectivity index (χ3v) is 3.89. The smallest absolute Gasteiger partial charge is 0.253 e. The van der Waals surface area contributed by atoms with Gasteiger partial charge in [-0.15, -0.1) is 0 Å². The number of thioether (sulfide) groups is 1. The summed E-state index contributed by atoms with van der Waals surface area (Å²) in [5.74, 6) is 1.21. The van der Waals surface area contributed by atoms with Gasteiger partial charge in [-0.2, -0.15) is 11.8 Å². The number of carbonyl (C=O) groups excluding carboxylic acids is 1. The normalized spacial score (nSPS) is 32.7. The summed E-state index contributed by atoms with van der Waals surface area (Å²) in [5, 5.41) is 3.74. The van der Waals surface area contributed by atoms with Gasteiger partial charge in [0.05, 0.1) is 6.61 Å². The van der Waals surface area contributed by atoms with Gasteiger partial charge in [0.15, 0.2) is 0 Å². The van der Waals surface area contributed by atoms with Crippen LogP contribution in [-0.2, 0) is 9.53 Å². The summed E-state index contributed by atoms with van der Waals surface area (Å²) >= 11 is 1.94. The van der Waals surface area contributed by atoms with E-state index in [0.717, 1.165) is 25.4 Å². The monoisotopic (exact) mass is 230 g/mol. The molecule has 2 atom stereocenters. The SMILES string of the molecule is CC1CN(C(=O)[C@H]2CNCCO2)CCS1. The van der Waals surface area contributed by atoms with Crippen LogP contribution in [0.5, 0.6) is 0 Å². The first-order chi connectivity index (χ1) is 7.27. The molecule has 0 bridgehead atoms. The molecule has 0 aromatic rings. The lowest BCUT2D eigenvalue weighted by atomic mass is 10.2. The topological polar surface area (TPSA) is 41.6 Å². The quantitative estimate of drug-likeness (QED) is 0.685. The fourth-order valence-electron chi connectivity index (χ4n) is 1.95. The number of ether oxygens (including phenoxy) is 1. The van der Waals surface area contributed by atoms with Crippen molar-refractivity contribution >= 4 is 17.7 Å². The van der Waals surface area contributed by atoms with E-state index in [9.17, 15) is 4.79 Å². The highest BCUT2D eigenvalue weighted by molar-refractivity contribution is 7.99. The van der Waals surface area contributed by atoms with Gasteiger partial charge in [0.2, 0.25) is 0 Å². The molecule has 1 amide bonds. The first-order valence-corrected chi connectivity index (χ1v) is 6.55. The summed E-state index contributed by atoms with van der Waals surface area (Å²) in [5.41, 5.74) is 0. The Morgan fingerprint density at radius 1 is 1.60 bits per heavy atom. The maximum absolute atomic E-state index is 12.1. The molecule has 2 saturated heterocycles. The molecule has 15 heavy (non-hydrogen) atoms. The Balaban J connectivity index is 1.88.